The summed E-state index contributed by atoms with van der Waals surface area (Å²) in [7, 11) is 0. The zero-order valence-corrected chi connectivity index (χ0v) is 14.7. The predicted molar refractivity (Wildman–Crippen MR) is 85.5 cm³/mol. The fraction of sp³-hybridized carbons (Fsp3) is 0.118. The number of imide groups is 2. The Morgan fingerprint density at radius 3 is 2.04 bits per heavy atom. The van der Waals surface area contributed by atoms with Gasteiger partial charge in [-0.05, 0) is 11.1 Å². The summed E-state index contributed by atoms with van der Waals surface area (Å²) < 4.78 is 0. The van der Waals surface area contributed by atoms with Gasteiger partial charge in [0.1, 0.15) is 5.92 Å². The van der Waals surface area contributed by atoms with E-state index in [1.54, 1.807) is 24.3 Å². The van der Waals surface area contributed by atoms with Crippen molar-refractivity contribution in [2.75, 3.05) is 0 Å². The van der Waals surface area contributed by atoms with Crippen molar-refractivity contribution in [3.05, 3.63) is 71.8 Å². The Morgan fingerprint density at radius 2 is 1.43 bits per heavy atom. The first-order valence-corrected chi connectivity index (χ1v) is 6.92. The predicted octanol–water partition coefficient (Wildman–Crippen LogP) is 1.67. The first-order valence-electron chi connectivity index (χ1n) is 6.92. The van der Waals surface area contributed by atoms with E-state index in [2.05, 4.69) is 5.32 Å². The van der Waals surface area contributed by atoms with Gasteiger partial charge in [0.2, 0.25) is 11.8 Å². The van der Waals surface area contributed by atoms with E-state index < -0.39 is 23.8 Å². The number of barbiturate groups is 1. The fourth-order valence-corrected chi connectivity index (χ4v) is 2.47. The molecule has 1 saturated heterocycles. The quantitative estimate of drug-likeness (QED) is 0.692. The third-order valence-corrected chi connectivity index (χ3v) is 3.57. The zero-order chi connectivity index (χ0) is 15.5. The van der Waals surface area contributed by atoms with Gasteiger partial charge in [-0.1, -0.05) is 60.7 Å². The minimum atomic E-state index is -0.984. The number of benzene rings is 2. The number of nitrogens with one attached hydrogen (secondary N) is 1. The molecule has 0 saturated carbocycles. The summed E-state index contributed by atoms with van der Waals surface area (Å²) in [5.41, 5.74) is 1.41. The minimum absolute atomic E-state index is 0. The summed E-state index contributed by atoms with van der Waals surface area (Å²) in [6.07, 6.45) is 0. The number of carbonyl (C=O) groups excluding carboxylic acids is 3. The molecule has 1 aliphatic heterocycles. The van der Waals surface area contributed by atoms with Crippen LogP contribution >= 0.6 is 0 Å². The van der Waals surface area contributed by atoms with Crippen molar-refractivity contribution in [2.24, 2.45) is 0 Å². The van der Waals surface area contributed by atoms with E-state index in [1.807, 2.05) is 36.4 Å². The van der Waals surface area contributed by atoms with Crippen LogP contribution in [0.4, 0.5) is 4.79 Å². The van der Waals surface area contributed by atoms with Crippen molar-refractivity contribution in [1.82, 2.24) is 10.2 Å². The Morgan fingerprint density at radius 1 is 0.870 bits per heavy atom. The molecule has 1 heterocycles. The molecule has 1 atom stereocenters. The van der Waals surface area contributed by atoms with Crippen molar-refractivity contribution in [1.29, 1.82) is 0 Å². The van der Waals surface area contributed by atoms with Crippen LogP contribution in [0.2, 0.25) is 0 Å². The van der Waals surface area contributed by atoms with Gasteiger partial charge in [-0.3, -0.25) is 19.8 Å². The second kappa shape index (κ2) is 7.55. The summed E-state index contributed by atoms with van der Waals surface area (Å²) in [5.74, 6) is -2.06. The molecular formula is C17H14N2NaO3. The second-order valence-electron chi connectivity index (χ2n) is 5.05. The van der Waals surface area contributed by atoms with E-state index >= 15 is 0 Å². The molecule has 6 heteroatoms. The Bertz CT molecular complexity index is 719. The summed E-state index contributed by atoms with van der Waals surface area (Å²) >= 11 is 0. The van der Waals surface area contributed by atoms with Gasteiger partial charge < -0.3 is 0 Å². The Labute approximate surface area is 156 Å². The molecule has 1 N–H and O–H groups in total. The average molecular weight is 317 g/mol. The molecule has 2 aromatic carbocycles. The van der Waals surface area contributed by atoms with Gasteiger partial charge in [0.25, 0.3) is 0 Å². The molecule has 0 spiro atoms. The van der Waals surface area contributed by atoms with E-state index in [-0.39, 0.29) is 36.1 Å². The largest absolute Gasteiger partial charge is 0.331 e. The molecular weight excluding hydrogens is 303 g/mol. The maximum atomic E-state index is 12.6. The standard InChI is InChI=1S/C17H14N2O3.Na/c20-15-14(13-9-5-2-6-10-13)16(21)19(17(22)18-15)11-12-7-3-1-4-8-12;/h1-10,14H,11H2,(H,18,20,22);. The minimum Gasteiger partial charge on any atom is -0.277 e. The zero-order valence-electron chi connectivity index (χ0n) is 12.7. The van der Waals surface area contributed by atoms with Crippen LogP contribution < -0.4 is 5.32 Å². The van der Waals surface area contributed by atoms with Crippen LogP contribution in [0.3, 0.4) is 0 Å². The van der Waals surface area contributed by atoms with Crippen LogP contribution in [0.5, 0.6) is 0 Å². The van der Waals surface area contributed by atoms with E-state index in [1.165, 1.54) is 0 Å². The molecule has 1 aliphatic rings. The molecule has 4 amide bonds. The molecule has 111 valence electrons. The number of amides is 4. The first kappa shape index (κ1) is 17.4. The summed E-state index contributed by atoms with van der Waals surface area (Å²) in [6.45, 7) is 0.141. The van der Waals surface area contributed by atoms with Crippen molar-refractivity contribution in [2.45, 2.75) is 12.5 Å². The normalized spacial score (nSPS) is 17.5. The number of rotatable bonds is 3. The Hall–Kier alpha value is -1.95. The molecule has 1 radical (unpaired) electrons. The van der Waals surface area contributed by atoms with Crippen molar-refractivity contribution >= 4 is 47.4 Å². The van der Waals surface area contributed by atoms with E-state index in [0.29, 0.717) is 5.56 Å². The van der Waals surface area contributed by atoms with Crippen LogP contribution in [0.25, 0.3) is 0 Å². The smallest absolute Gasteiger partial charge is 0.277 e. The monoisotopic (exact) mass is 317 g/mol. The molecule has 23 heavy (non-hydrogen) atoms. The van der Waals surface area contributed by atoms with Crippen LogP contribution in [-0.4, -0.2) is 52.3 Å². The van der Waals surface area contributed by atoms with Crippen molar-refractivity contribution in [3.8, 4) is 0 Å². The molecule has 5 nitrogen and oxygen atoms in total. The van der Waals surface area contributed by atoms with E-state index in [0.717, 1.165) is 10.5 Å². The summed E-state index contributed by atoms with van der Waals surface area (Å²) in [5, 5.41) is 2.26. The molecule has 1 fully saturated rings. The Balaban J connectivity index is 0.00000192. The van der Waals surface area contributed by atoms with Crippen LogP contribution in [-0.2, 0) is 16.1 Å². The maximum Gasteiger partial charge on any atom is 0.331 e. The van der Waals surface area contributed by atoms with Crippen molar-refractivity contribution in [3.63, 3.8) is 0 Å². The van der Waals surface area contributed by atoms with E-state index in [9.17, 15) is 14.4 Å². The Kier molecular flexibility index (Phi) is 5.71. The van der Waals surface area contributed by atoms with Gasteiger partial charge in [0.15, 0.2) is 0 Å². The van der Waals surface area contributed by atoms with Gasteiger partial charge in [-0.15, -0.1) is 0 Å². The maximum absolute atomic E-state index is 12.6. The molecule has 0 aromatic heterocycles. The van der Waals surface area contributed by atoms with Gasteiger partial charge in [-0.25, -0.2) is 4.79 Å². The molecule has 0 bridgehead atoms. The summed E-state index contributed by atoms with van der Waals surface area (Å²) in [4.78, 5) is 37.7. The number of hydrogen-bond acceptors (Lipinski definition) is 3. The number of urea groups is 1. The molecule has 2 aromatic rings. The van der Waals surface area contributed by atoms with Gasteiger partial charge in [0, 0.05) is 29.6 Å². The topological polar surface area (TPSA) is 66.5 Å². The van der Waals surface area contributed by atoms with Gasteiger partial charge in [-0.2, -0.15) is 0 Å². The number of carbonyl (C=O) groups is 3. The SMILES string of the molecule is O=C1NC(=O)N(Cc2ccccc2)C(=O)C1c1ccccc1.[Na]. The van der Waals surface area contributed by atoms with Gasteiger partial charge >= 0.3 is 6.03 Å². The van der Waals surface area contributed by atoms with Gasteiger partial charge in [0.05, 0.1) is 6.54 Å². The van der Waals surface area contributed by atoms with Crippen molar-refractivity contribution < 1.29 is 14.4 Å². The van der Waals surface area contributed by atoms with Crippen LogP contribution in [0.1, 0.15) is 17.0 Å². The third kappa shape index (κ3) is 3.69. The number of hydrogen-bond donors (Lipinski definition) is 1. The fourth-order valence-electron chi connectivity index (χ4n) is 2.47. The first-order chi connectivity index (χ1) is 10.7. The second-order valence-corrected chi connectivity index (χ2v) is 5.05. The molecule has 3 rings (SSSR count). The van der Waals surface area contributed by atoms with Crippen LogP contribution in [0, 0.1) is 0 Å². The number of nitrogens with zero attached hydrogens (tertiary/aromatic N) is 1. The molecule has 1 unspecified atom stereocenters. The molecule has 0 aliphatic carbocycles. The van der Waals surface area contributed by atoms with E-state index in [4.69, 9.17) is 0 Å². The summed E-state index contributed by atoms with van der Waals surface area (Å²) in [6, 6.07) is 17.2. The average Bonchev–Trinajstić information content (AvgIpc) is 2.53. The van der Waals surface area contributed by atoms with Crippen LogP contribution in [0.15, 0.2) is 60.7 Å². The third-order valence-electron chi connectivity index (χ3n) is 3.57.